The first-order valence-electron chi connectivity index (χ1n) is 2.35. The highest BCUT2D eigenvalue weighted by Crippen LogP contribution is 2.00. The molecule has 0 radical (unpaired) electrons. The number of carboxylic acid groups (broad SMARTS) is 1. The summed E-state index contributed by atoms with van der Waals surface area (Å²) in [5.41, 5.74) is 0. The first-order chi connectivity index (χ1) is 4.61. The monoisotopic (exact) mass is 145 g/mol. The molecule has 6 nitrogen and oxygen atoms in total. The summed E-state index contributed by atoms with van der Waals surface area (Å²) in [5.74, 6) is -2.40. The van der Waals surface area contributed by atoms with Crippen molar-refractivity contribution in [3.8, 4) is 0 Å². The molecule has 0 aromatic rings. The van der Waals surface area contributed by atoms with Gasteiger partial charge >= 0.3 is 12.1 Å². The number of alkyl carbamates (subject to hydrolysis) is 1. The highest BCUT2D eigenvalue weighted by molar-refractivity contribution is 6.10. The molecule has 1 heterocycles. The molecule has 0 spiro atoms. The summed E-state index contributed by atoms with van der Waals surface area (Å²) in [6.45, 7) is 0. The number of aliphatic carboxylic acids is 1. The van der Waals surface area contributed by atoms with Crippen molar-refractivity contribution in [3.63, 3.8) is 0 Å². The van der Waals surface area contributed by atoms with Gasteiger partial charge < -0.3 is 9.84 Å². The lowest BCUT2D eigenvalue weighted by Gasteiger charge is -1.95. The van der Waals surface area contributed by atoms with E-state index < -0.39 is 24.1 Å². The summed E-state index contributed by atoms with van der Waals surface area (Å²) >= 11 is 0. The van der Waals surface area contributed by atoms with Gasteiger partial charge in [-0.15, -0.1) is 0 Å². The van der Waals surface area contributed by atoms with E-state index in [-0.39, 0.29) is 0 Å². The average Bonchev–Trinajstić information content (AvgIpc) is 2.10. The van der Waals surface area contributed by atoms with Crippen LogP contribution >= 0.6 is 0 Å². The van der Waals surface area contributed by atoms with Gasteiger partial charge in [-0.25, -0.2) is 9.59 Å². The van der Waals surface area contributed by atoms with Gasteiger partial charge in [0.15, 0.2) is 0 Å². The number of ether oxygens (including phenoxy) is 1. The third-order valence-corrected chi connectivity index (χ3v) is 0.913. The Balaban J connectivity index is 2.72. The quantitative estimate of drug-likeness (QED) is 0.447. The summed E-state index contributed by atoms with van der Waals surface area (Å²) < 4.78 is 4.04. The maximum Gasteiger partial charge on any atom is 0.415 e. The summed E-state index contributed by atoms with van der Waals surface area (Å²) in [6, 6.07) is 0. The van der Waals surface area contributed by atoms with E-state index in [0.717, 1.165) is 0 Å². The van der Waals surface area contributed by atoms with E-state index in [4.69, 9.17) is 5.11 Å². The lowest BCUT2D eigenvalue weighted by molar-refractivity contribution is -0.149. The maximum atomic E-state index is 10.4. The summed E-state index contributed by atoms with van der Waals surface area (Å²) in [4.78, 5) is 30.6. The van der Waals surface area contributed by atoms with Gasteiger partial charge in [-0.1, -0.05) is 0 Å². The maximum absolute atomic E-state index is 10.4. The van der Waals surface area contributed by atoms with E-state index >= 15 is 0 Å². The fourth-order valence-electron chi connectivity index (χ4n) is 0.519. The van der Waals surface area contributed by atoms with Crippen LogP contribution in [0, 0.1) is 0 Å². The number of carbonyl (C=O) groups is 3. The molecule has 0 aromatic carbocycles. The second-order valence-corrected chi connectivity index (χ2v) is 1.61. The molecular formula is C4H3NO5. The first kappa shape index (κ1) is 6.53. The van der Waals surface area contributed by atoms with Gasteiger partial charge in [-0.05, 0) is 0 Å². The highest BCUT2D eigenvalue weighted by atomic mass is 16.6. The SMILES string of the molecule is O=C1NC(=O)C(C(=O)O)O1. The van der Waals surface area contributed by atoms with Gasteiger partial charge in [0.2, 0.25) is 0 Å². The molecule has 54 valence electrons. The van der Waals surface area contributed by atoms with E-state index in [9.17, 15) is 14.4 Å². The van der Waals surface area contributed by atoms with Crippen LogP contribution in [0.2, 0.25) is 0 Å². The van der Waals surface area contributed by atoms with Crippen LogP contribution in [0.1, 0.15) is 0 Å². The lowest BCUT2D eigenvalue weighted by atomic mass is 10.3. The number of nitrogens with one attached hydrogen (secondary N) is 1. The van der Waals surface area contributed by atoms with Crippen molar-refractivity contribution in [3.05, 3.63) is 0 Å². The Morgan fingerprint density at radius 1 is 1.60 bits per heavy atom. The lowest BCUT2D eigenvalue weighted by Crippen LogP contribution is -2.30. The summed E-state index contributed by atoms with van der Waals surface area (Å²) in [5, 5.41) is 9.83. The first-order valence-corrected chi connectivity index (χ1v) is 2.35. The zero-order valence-electron chi connectivity index (χ0n) is 4.66. The Labute approximate surface area is 54.8 Å². The Kier molecular flexibility index (Phi) is 1.29. The topological polar surface area (TPSA) is 92.7 Å². The molecule has 1 saturated heterocycles. The fourth-order valence-corrected chi connectivity index (χ4v) is 0.519. The van der Waals surface area contributed by atoms with Gasteiger partial charge in [0.25, 0.3) is 12.0 Å². The molecule has 1 aliphatic heterocycles. The molecule has 1 fully saturated rings. The van der Waals surface area contributed by atoms with Crippen molar-refractivity contribution in [1.29, 1.82) is 0 Å². The predicted molar refractivity (Wildman–Crippen MR) is 26.0 cm³/mol. The second kappa shape index (κ2) is 1.98. The summed E-state index contributed by atoms with van der Waals surface area (Å²) in [6.07, 6.45) is -2.69. The van der Waals surface area contributed by atoms with Crippen LogP contribution in [0.15, 0.2) is 0 Å². The van der Waals surface area contributed by atoms with Crippen LogP contribution < -0.4 is 5.32 Å². The number of hydrogen-bond acceptors (Lipinski definition) is 4. The molecule has 10 heavy (non-hydrogen) atoms. The molecule has 1 unspecified atom stereocenters. The Morgan fingerprint density at radius 2 is 2.20 bits per heavy atom. The van der Waals surface area contributed by atoms with Crippen molar-refractivity contribution in [2.45, 2.75) is 6.10 Å². The molecule has 0 bridgehead atoms. The molecule has 0 aromatic heterocycles. The van der Waals surface area contributed by atoms with Crippen LogP contribution in [-0.2, 0) is 14.3 Å². The van der Waals surface area contributed by atoms with Gasteiger partial charge in [0, 0.05) is 0 Å². The molecule has 2 N–H and O–H groups in total. The molecule has 0 aliphatic carbocycles. The Bertz CT molecular complexity index is 210. The summed E-state index contributed by atoms with van der Waals surface area (Å²) in [7, 11) is 0. The number of carbonyl (C=O) groups excluding carboxylic acids is 2. The zero-order chi connectivity index (χ0) is 7.72. The number of carboxylic acids is 1. The fraction of sp³-hybridized carbons (Fsp3) is 0.250. The molecule has 0 saturated carbocycles. The van der Waals surface area contributed by atoms with Gasteiger partial charge in [0.1, 0.15) is 0 Å². The van der Waals surface area contributed by atoms with E-state index in [0.29, 0.717) is 0 Å². The van der Waals surface area contributed by atoms with E-state index in [1.165, 1.54) is 0 Å². The van der Waals surface area contributed by atoms with Crippen LogP contribution in [-0.4, -0.2) is 29.2 Å². The van der Waals surface area contributed by atoms with Crippen molar-refractivity contribution in [2.75, 3.05) is 0 Å². The smallest absolute Gasteiger partial charge is 0.415 e. The Morgan fingerprint density at radius 3 is 2.40 bits per heavy atom. The normalized spacial score (nSPS) is 23.8. The third kappa shape index (κ3) is 0.903. The minimum Gasteiger partial charge on any atom is -0.478 e. The molecule has 1 atom stereocenters. The molecule has 2 amide bonds. The third-order valence-electron chi connectivity index (χ3n) is 0.913. The van der Waals surface area contributed by atoms with Crippen LogP contribution in [0.5, 0.6) is 0 Å². The van der Waals surface area contributed by atoms with Crippen LogP contribution in [0.3, 0.4) is 0 Å². The predicted octanol–water partition coefficient (Wildman–Crippen LogP) is -1.29. The molecular weight excluding hydrogens is 142 g/mol. The minimum absolute atomic E-state index is 0.933. The molecule has 1 aliphatic rings. The number of cyclic esters (lactones) is 1. The standard InChI is InChI=1S/C4H3NO5/c6-2-1(3(7)8)10-4(9)5-2/h1H,(H,7,8)(H,5,6,9). The number of amides is 2. The zero-order valence-corrected chi connectivity index (χ0v) is 4.66. The van der Waals surface area contributed by atoms with Crippen molar-refractivity contribution in [2.24, 2.45) is 0 Å². The van der Waals surface area contributed by atoms with E-state index in [1.54, 1.807) is 5.32 Å². The van der Waals surface area contributed by atoms with Gasteiger partial charge in [0.05, 0.1) is 0 Å². The largest absolute Gasteiger partial charge is 0.478 e. The van der Waals surface area contributed by atoms with Gasteiger partial charge in [-0.2, -0.15) is 0 Å². The number of imide groups is 1. The Hall–Kier alpha value is -1.59. The van der Waals surface area contributed by atoms with E-state index in [2.05, 4.69) is 4.74 Å². The van der Waals surface area contributed by atoms with Crippen LogP contribution in [0.4, 0.5) is 4.79 Å². The van der Waals surface area contributed by atoms with E-state index in [1.807, 2.05) is 0 Å². The average molecular weight is 145 g/mol. The van der Waals surface area contributed by atoms with Gasteiger partial charge in [-0.3, -0.25) is 10.1 Å². The van der Waals surface area contributed by atoms with Crippen LogP contribution in [0.25, 0.3) is 0 Å². The number of rotatable bonds is 1. The van der Waals surface area contributed by atoms with Crippen molar-refractivity contribution < 1.29 is 24.2 Å². The van der Waals surface area contributed by atoms with Crippen molar-refractivity contribution >= 4 is 18.0 Å². The second-order valence-electron chi connectivity index (χ2n) is 1.61. The number of hydrogen-bond donors (Lipinski definition) is 2. The van der Waals surface area contributed by atoms with Crippen molar-refractivity contribution in [1.82, 2.24) is 5.32 Å². The highest BCUT2D eigenvalue weighted by Gasteiger charge is 2.38. The minimum atomic E-state index is -1.67. The molecule has 1 rings (SSSR count). The molecule has 6 heteroatoms.